The van der Waals surface area contributed by atoms with E-state index in [4.69, 9.17) is 15.4 Å². The number of benzene rings is 1. The maximum Gasteiger partial charge on any atom is 0.259 e. The molecule has 0 aliphatic carbocycles. The molecule has 0 atom stereocenters. The number of H-pyrrole nitrogens is 1. The van der Waals surface area contributed by atoms with Crippen molar-refractivity contribution in [1.82, 2.24) is 15.1 Å². The second-order valence-corrected chi connectivity index (χ2v) is 4.63. The molecule has 108 valence electrons. The van der Waals surface area contributed by atoms with Gasteiger partial charge in [-0.25, -0.2) is 4.98 Å². The van der Waals surface area contributed by atoms with E-state index >= 15 is 0 Å². The van der Waals surface area contributed by atoms with E-state index in [1.807, 2.05) is 6.07 Å². The van der Waals surface area contributed by atoms with Crippen molar-refractivity contribution in [3.8, 4) is 11.4 Å². The third-order valence-electron chi connectivity index (χ3n) is 3.21. The lowest BCUT2D eigenvalue weighted by atomic mass is 10.1. The van der Waals surface area contributed by atoms with Crippen LogP contribution in [0, 0.1) is 0 Å². The van der Waals surface area contributed by atoms with Crippen LogP contribution in [0.2, 0.25) is 0 Å². The molecule has 0 spiro atoms. The van der Waals surface area contributed by atoms with Crippen LogP contribution in [-0.2, 0) is 6.42 Å². The van der Waals surface area contributed by atoms with Crippen LogP contribution in [0.4, 0.5) is 5.88 Å². The first kappa shape index (κ1) is 13.3. The number of hydrogen-bond acceptors (Lipinski definition) is 6. The molecule has 2 heterocycles. The molecule has 7 heteroatoms. The molecule has 3 aromatic rings. The maximum atomic E-state index is 12.1. The Bertz CT molecular complexity index is 838. The molecule has 0 aliphatic heterocycles. The normalized spacial score (nSPS) is 11.1. The molecule has 0 bridgehead atoms. The smallest absolute Gasteiger partial charge is 0.259 e. The number of aromatic amines is 1. The fourth-order valence-corrected chi connectivity index (χ4v) is 2.21. The van der Waals surface area contributed by atoms with Crippen molar-refractivity contribution in [3.63, 3.8) is 0 Å². The Hall–Kier alpha value is -2.67. The minimum absolute atomic E-state index is 0.0356. The summed E-state index contributed by atoms with van der Waals surface area (Å²) in [6, 6.07) is 7.04. The van der Waals surface area contributed by atoms with Gasteiger partial charge in [0.1, 0.15) is 11.4 Å². The van der Waals surface area contributed by atoms with Gasteiger partial charge in [-0.05, 0) is 25.0 Å². The Balaban J connectivity index is 2.16. The lowest BCUT2D eigenvalue weighted by molar-refractivity contribution is 0.287. The van der Waals surface area contributed by atoms with Crippen molar-refractivity contribution in [1.29, 1.82) is 0 Å². The van der Waals surface area contributed by atoms with E-state index in [9.17, 15) is 4.79 Å². The number of aliphatic hydroxyl groups excluding tert-OH is 1. The van der Waals surface area contributed by atoms with E-state index < -0.39 is 0 Å². The van der Waals surface area contributed by atoms with Gasteiger partial charge in [0.05, 0.1) is 16.6 Å². The minimum atomic E-state index is -0.246. The van der Waals surface area contributed by atoms with Crippen molar-refractivity contribution in [2.24, 2.45) is 0 Å². The summed E-state index contributed by atoms with van der Waals surface area (Å²) in [7, 11) is 0. The molecule has 0 radical (unpaired) electrons. The average Bonchev–Trinajstić information content (AvgIpc) is 2.86. The zero-order chi connectivity index (χ0) is 14.8. The van der Waals surface area contributed by atoms with Gasteiger partial charge < -0.3 is 20.3 Å². The van der Waals surface area contributed by atoms with E-state index in [0.29, 0.717) is 40.8 Å². The molecule has 7 nitrogen and oxygen atoms in total. The maximum absolute atomic E-state index is 12.1. The third kappa shape index (κ3) is 2.38. The van der Waals surface area contributed by atoms with Gasteiger partial charge >= 0.3 is 0 Å². The molecular formula is C14H14N4O3. The van der Waals surface area contributed by atoms with Crippen molar-refractivity contribution in [2.75, 3.05) is 12.3 Å². The summed E-state index contributed by atoms with van der Waals surface area (Å²) in [4.78, 5) is 19.2. The predicted octanol–water partition coefficient (Wildman–Crippen LogP) is 1.09. The van der Waals surface area contributed by atoms with Gasteiger partial charge in [0.25, 0.3) is 5.56 Å². The van der Waals surface area contributed by atoms with E-state index in [-0.39, 0.29) is 18.1 Å². The van der Waals surface area contributed by atoms with Gasteiger partial charge in [-0.2, -0.15) is 0 Å². The summed E-state index contributed by atoms with van der Waals surface area (Å²) in [5.41, 5.74) is 7.16. The minimum Gasteiger partial charge on any atom is -0.396 e. The zero-order valence-electron chi connectivity index (χ0n) is 11.2. The van der Waals surface area contributed by atoms with Crippen LogP contribution in [-0.4, -0.2) is 26.8 Å². The lowest BCUT2D eigenvalue weighted by Gasteiger charge is -2.03. The van der Waals surface area contributed by atoms with Crippen LogP contribution >= 0.6 is 0 Å². The number of fused-ring (bicyclic) bond motifs is 1. The summed E-state index contributed by atoms with van der Waals surface area (Å²) < 4.78 is 4.98. The van der Waals surface area contributed by atoms with Gasteiger partial charge in [0.15, 0.2) is 0 Å². The first-order valence-electron chi connectivity index (χ1n) is 6.55. The van der Waals surface area contributed by atoms with Crippen LogP contribution in [0.3, 0.4) is 0 Å². The van der Waals surface area contributed by atoms with Crippen LogP contribution in [0.5, 0.6) is 0 Å². The first-order valence-corrected chi connectivity index (χ1v) is 6.55. The van der Waals surface area contributed by atoms with Gasteiger partial charge in [0.2, 0.25) is 5.88 Å². The molecule has 0 amide bonds. The van der Waals surface area contributed by atoms with Crippen molar-refractivity contribution in [2.45, 2.75) is 12.8 Å². The highest BCUT2D eigenvalue weighted by Crippen LogP contribution is 2.27. The van der Waals surface area contributed by atoms with Crippen molar-refractivity contribution < 1.29 is 9.63 Å². The number of aromatic nitrogens is 3. The molecule has 2 aromatic heterocycles. The monoisotopic (exact) mass is 286 g/mol. The standard InChI is InChI=1S/C14H14N4O3/c15-12-11(10(18-21-12)6-3-7-19)13-16-9-5-2-1-4-8(9)14(20)17-13/h1-2,4-5,19H,3,6-7,15H2,(H,16,17,20). The van der Waals surface area contributed by atoms with E-state index in [1.165, 1.54) is 0 Å². The second-order valence-electron chi connectivity index (χ2n) is 4.63. The zero-order valence-corrected chi connectivity index (χ0v) is 11.2. The average molecular weight is 286 g/mol. The van der Waals surface area contributed by atoms with Gasteiger partial charge in [-0.15, -0.1) is 0 Å². The number of hydrogen-bond donors (Lipinski definition) is 3. The second kappa shape index (κ2) is 5.37. The van der Waals surface area contributed by atoms with Crippen LogP contribution in [0.15, 0.2) is 33.6 Å². The largest absolute Gasteiger partial charge is 0.396 e. The third-order valence-corrected chi connectivity index (χ3v) is 3.21. The number of nitrogens with one attached hydrogen (secondary N) is 1. The highest BCUT2D eigenvalue weighted by Gasteiger charge is 2.18. The molecular weight excluding hydrogens is 272 g/mol. The summed E-state index contributed by atoms with van der Waals surface area (Å²) in [5.74, 6) is 0.423. The van der Waals surface area contributed by atoms with Crippen molar-refractivity contribution in [3.05, 3.63) is 40.3 Å². The Morgan fingerprint density at radius 3 is 2.95 bits per heavy atom. The number of rotatable bonds is 4. The number of nitrogens with zero attached hydrogens (tertiary/aromatic N) is 2. The number of anilines is 1. The number of aliphatic hydroxyl groups is 1. The predicted molar refractivity (Wildman–Crippen MR) is 77.7 cm³/mol. The molecule has 3 rings (SSSR count). The van der Waals surface area contributed by atoms with E-state index in [1.54, 1.807) is 18.2 Å². The van der Waals surface area contributed by atoms with Gasteiger partial charge in [-0.1, -0.05) is 17.3 Å². The summed E-state index contributed by atoms with van der Waals surface area (Å²) >= 11 is 0. The molecule has 0 saturated heterocycles. The Kier molecular flexibility index (Phi) is 3.41. The number of nitrogens with two attached hydrogens (primary N) is 1. The summed E-state index contributed by atoms with van der Waals surface area (Å²) in [5, 5.41) is 13.3. The number of nitrogen functional groups attached to an aromatic ring is 1. The highest BCUT2D eigenvalue weighted by atomic mass is 16.5. The SMILES string of the molecule is Nc1onc(CCCO)c1-c1nc2ccccc2c(=O)[nH]1. The number of aryl methyl sites for hydroxylation is 1. The van der Waals surface area contributed by atoms with Crippen LogP contribution in [0.1, 0.15) is 12.1 Å². The Morgan fingerprint density at radius 2 is 2.14 bits per heavy atom. The van der Waals surface area contributed by atoms with Crippen LogP contribution in [0.25, 0.3) is 22.3 Å². The Morgan fingerprint density at radius 1 is 1.33 bits per heavy atom. The van der Waals surface area contributed by atoms with Crippen molar-refractivity contribution >= 4 is 16.8 Å². The molecule has 0 fully saturated rings. The fraction of sp³-hybridized carbons (Fsp3) is 0.214. The lowest BCUT2D eigenvalue weighted by Crippen LogP contribution is -2.10. The Labute approximate surface area is 119 Å². The molecule has 4 N–H and O–H groups in total. The molecule has 0 saturated carbocycles. The van der Waals surface area contributed by atoms with Gasteiger partial charge in [-0.3, -0.25) is 4.79 Å². The highest BCUT2D eigenvalue weighted by molar-refractivity contribution is 5.81. The van der Waals surface area contributed by atoms with Crippen LogP contribution < -0.4 is 11.3 Å². The quantitative estimate of drug-likeness (QED) is 0.660. The van der Waals surface area contributed by atoms with E-state index in [2.05, 4.69) is 15.1 Å². The first-order chi connectivity index (χ1) is 10.2. The molecule has 21 heavy (non-hydrogen) atoms. The summed E-state index contributed by atoms with van der Waals surface area (Å²) in [6.45, 7) is 0.0356. The van der Waals surface area contributed by atoms with Gasteiger partial charge in [0, 0.05) is 6.61 Å². The van der Waals surface area contributed by atoms with E-state index in [0.717, 1.165) is 0 Å². The molecule has 0 aliphatic rings. The topological polar surface area (TPSA) is 118 Å². The fourth-order valence-electron chi connectivity index (χ4n) is 2.21. The summed E-state index contributed by atoms with van der Waals surface area (Å²) in [6.07, 6.45) is 1.01. The molecule has 0 unspecified atom stereocenters. The number of para-hydroxylation sites is 1. The molecule has 1 aromatic carbocycles.